The second-order valence-electron chi connectivity index (χ2n) is 9.07. The third-order valence-corrected chi connectivity index (χ3v) is 10.2. The van der Waals surface area contributed by atoms with Crippen LogP contribution in [0.3, 0.4) is 0 Å². The smallest absolute Gasteiger partial charge is 0.387 e. The number of ether oxygens (including phenoxy) is 1. The van der Waals surface area contributed by atoms with Crippen LogP contribution in [-0.2, 0) is 52.4 Å². The van der Waals surface area contributed by atoms with Crippen molar-refractivity contribution in [3.05, 3.63) is 36.1 Å². The van der Waals surface area contributed by atoms with E-state index in [0.717, 1.165) is 0 Å². The quantitative estimate of drug-likeness (QED) is 0.269. The molecule has 6 heterocycles. The fraction of sp³-hybridized carbons (Fsp3) is 0.450. The Kier molecular flexibility index (Phi) is 8.06. The van der Waals surface area contributed by atoms with E-state index < -0.39 is 44.7 Å². The zero-order chi connectivity index (χ0) is 28.9. The van der Waals surface area contributed by atoms with E-state index in [4.69, 9.17) is 40.4 Å². The summed E-state index contributed by atoms with van der Waals surface area (Å²) in [6.45, 7) is -5.01. The van der Waals surface area contributed by atoms with E-state index in [1.54, 1.807) is 11.7 Å². The lowest BCUT2D eigenvalue weighted by molar-refractivity contribution is -0.0463. The second-order valence-corrected chi connectivity index (χ2v) is 15.7. The van der Waals surface area contributed by atoms with E-state index >= 15 is 4.39 Å². The topological polar surface area (TPSA) is 183 Å². The van der Waals surface area contributed by atoms with E-state index in [2.05, 4.69) is 43.9 Å². The SMILES string of the molecule is C=C1CC(N)=Nc2c1ncn2[C@@H]1O[C@@H]2COP(O)(=S)OCCn3nc(-c4cncs4)nc3COP(=O)(S)O[C@@H]1[C@@H]2F. The van der Waals surface area contributed by atoms with Gasteiger partial charge in [-0.1, -0.05) is 18.8 Å². The van der Waals surface area contributed by atoms with Crippen molar-refractivity contribution in [1.82, 2.24) is 29.3 Å². The summed E-state index contributed by atoms with van der Waals surface area (Å²) in [5.41, 5.74) is 8.63. The van der Waals surface area contributed by atoms with Gasteiger partial charge in [0.25, 0.3) is 0 Å². The average Bonchev–Trinajstić information content (AvgIpc) is 3.69. The predicted molar refractivity (Wildman–Crippen MR) is 152 cm³/mol. The molecule has 2 bridgehead atoms. The second kappa shape index (κ2) is 11.3. The van der Waals surface area contributed by atoms with Gasteiger partial charge in [-0.3, -0.25) is 18.6 Å². The summed E-state index contributed by atoms with van der Waals surface area (Å²) in [7, 11) is 0. The zero-order valence-electron chi connectivity index (χ0n) is 20.9. The van der Waals surface area contributed by atoms with E-state index in [1.165, 1.54) is 26.9 Å². The molecule has 1 fully saturated rings. The van der Waals surface area contributed by atoms with Crippen LogP contribution < -0.4 is 5.73 Å². The summed E-state index contributed by atoms with van der Waals surface area (Å²) in [6.07, 6.45) is -2.78. The van der Waals surface area contributed by atoms with Gasteiger partial charge in [-0.25, -0.2) is 28.6 Å². The molecule has 41 heavy (non-hydrogen) atoms. The minimum absolute atomic E-state index is 0.0849. The standard InChI is InChI=1S/C20H23FN8O7P2S3/c1-10-4-13(22)25-19-16(10)24-8-28(19)20-17-15(21)11(35-20)6-33-37(30,39)32-3-2-29-14(7-34-38(31,40)36-17)26-18(27-29)12-5-23-9-41-12/h5,8-9,11,15,17,20H,1-4,6-7H2,(H2,22,25)(H,30,39)(H,31,40)/t11-,15-,17-,20-,37?,38?/m1/s1. The van der Waals surface area contributed by atoms with Crippen LogP contribution in [0, 0.1) is 0 Å². The first-order valence-corrected chi connectivity index (χ1v) is 18.1. The van der Waals surface area contributed by atoms with Gasteiger partial charge in [0.2, 0.25) is 0 Å². The Bertz CT molecular complexity index is 1600. The van der Waals surface area contributed by atoms with Gasteiger partial charge in [0, 0.05) is 12.6 Å². The summed E-state index contributed by atoms with van der Waals surface area (Å²) >= 11 is 10.5. The molecule has 15 nitrogen and oxygen atoms in total. The van der Waals surface area contributed by atoms with E-state index in [1.807, 2.05) is 0 Å². The van der Waals surface area contributed by atoms with Crippen LogP contribution in [0.5, 0.6) is 0 Å². The highest BCUT2D eigenvalue weighted by Gasteiger charge is 2.51. The van der Waals surface area contributed by atoms with Crippen molar-refractivity contribution in [2.45, 2.75) is 44.2 Å². The molecule has 0 aromatic carbocycles. The van der Waals surface area contributed by atoms with Gasteiger partial charge in [-0.05, 0) is 17.4 Å². The van der Waals surface area contributed by atoms with Crippen molar-refractivity contribution < 1.29 is 36.7 Å². The third-order valence-electron chi connectivity index (χ3n) is 6.26. The van der Waals surface area contributed by atoms with Crippen LogP contribution in [0.2, 0.25) is 0 Å². The summed E-state index contributed by atoms with van der Waals surface area (Å²) in [5, 5.41) is 4.42. The number of nitrogens with zero attached hydrogens (tertiary/aromatic N) is 7. The number of hydrogen-bond acceptors (Lipinski definition) is 14. The molecule has 3 aliphatic rings. The molecule has 0 radical (unpaired) electrons. The number of thiazole rings is 1. The van der Waals surface area contributed by atoms with Crippen LogP contribution in [0.4, 0.5) is 10.2 Å². The van der Waals surface area contributed by atoms with Gasteiger partial charge in [0.1, 0.15) is 30.3 Å². The van der Waals surface area contributed by atoms with Crippen LogP contribution in [-0.4, -0.2) is 71.6 Å². The number of thiol groups is 1. The summed E-state index contributed by atoms with van der Waals surface area (Å²) in [6, 6.07) is 0. The lowest BCUT2D eigenvalue weighted by Gasteiger charge is -2.25. The first-order chi connectivity index (χ1) is 19.5. The molecule has 6 atom stereocenters. The highest BCUT2D eigenvalue weighted by molar-refractivity contribution is 8.44. The Balaban J connectivity index is 1.33. The molecule has 220 valence electrons. The van der Waals surface area contributed by atoms with Crippen LogP contribution in [0.25, 0.3) is 16.3 Å². The van der Waals surface area contributed by atoms with Crippen molar-refractivity contribution >= 4 is 66.1 Å². The van der Waals surface area contributed by atoms with Crippen molar-refractivity contribution in [2.24, 2.45) is 10.7 Å². The van der Waals surface area contributed by atoms with Crippen molar-refractivity contribution in [2.75, 3.05) is 13.2 Å². The van der Waals surface area contributed by atoms with Gasteiger partial charge in [-0.2, -0.15) is 0 Å². The Hall–Kier alpha value is -1.89. The van der Waals surface area contributed by atoms with E-state index in [0.29, 0.717) is 28.4 Å². The predicted octanol–water partition coefficient (Wildman–Crippen LogP) is 3.14. The molecule has 3 aromatic heterocycles. The molecule has 0 spiro atoms. The first kappa shape index (κ1) is 29.2. The molecule has 3 aromatic rings. The summed E-state index contributed by atoms with van der Waals surface area (Å²) < 4.78 is 60.1. The fourth-order valence-corrected chi connectivity index (χ4v) is 7.45. The molecule has 0 aliphatic carbocycles. The maximum Gasteiger partial charge on any atom is 0.387 e. The number of aromatic nitrogens is 6. The summed E-state index contributed by atoms with van der Waals surface area (Å²) in [5.74, 6) is 1.10. The minimum atomic E-state index is -4.24. The number of imidazole rings is 1. The van der Waals surface area contributed by atoms with Gasteiger partial charge < -0.3 is 24.4 Å². The lowest BCUT2D eigenvalue weighted by atomic mass is 10.1. The molecular weight excluding hydrogens is 641 g/mol. The largest absolute Gasteiger partial charge is 0.387 e. The molecule has 0 saturated carbocycles. The van der Waals surface area contributed by atoms with Crippen molar-refractivity contribution in [1.29, 1.82) is 0 Å². The normalized spacial score (nSPS) is 33.0. The molecule has 2 unspecified atom stereocenters. The number of alkyl halides is 1. The first-order valence-electron chi connectivity index (χ1n) is 12.0. The van der Waals surface area contributed by atoms with Gasteiger partial charge in [0.05, 0.1) is 36.5 Å². The molecule has 0 amide bonds. The average molecular weight is 665 g/mol. The lowest BCUT2D eigenvalue weighted by Crippen LogP contribution is -2.32. The molecule has 3 aliphatic heterocycles. The maximum atomic E-state index is 15.9. The highest BCUT2D eigenvalue weighted by Crippen LogP contribution is 2.58. The minimum Gasteiger partial charge on any atom is -0.387 e. The molecule has 21 heteroatoms. The zero-order valence-corrected chi connectivity index (χ0v) is 25.2. The Morgan fingerprint density at radius 1 is 1.34 bits per heavy atom. The number of amidine groups is 1. The highest BCUT2D eigenvalue weighted by atomic mass is 32.7. The Morgan fingerprint density at radius 3 is 2.95 bits per heavy atom. The third kappa shape index (κ3) is 6.12. The van der Waals surface area contributed by atoms with Crippen molar-refractivity contribution in [3.8, 4) is 10.7 Å². The van der Waals surface area contributed by atoms with Gasteiger partial charge >= 0.3 is 13.5 Å². The monoisotopic (exact) mass is 664 g/mol. The van der Waals surface area contributed by atoms with Crippen molar-refractivity contribution in [3.63, 3.8) is 0 Å². The number of rotatable bonds is 2. The number of aliphatic imine (C=N–C) groups is 1. The van der Waals surface area contributed by atoms with Crippen LogP contribution >= 0.6 is 37.1 Å². The molecule has 6 rings (SSSR count). The van der Waals surface area contributed by atoms with Crippen LogP contribution in [0.15, 0.2) is 29.6 Å². The van der Waals surface area contributed by atoms with Gasteiger partial charge in [0.15, 0.2) is 29.9 Å². The van der Waals surface area contributed by atoms with E-state index in [-0.39, 0.29) is 37.2 Å². The molecule has 1 saturated heterocycles. The molecular formula is C20H23FN8O7P2S3. The fourth-order valence-electron chi connectivity index (χ4n) is 4.41. The molecule has 3 N–H and O–H groups in total. The number of halogens is 1. The van der Waals surface area contributed by atoms with Gasteiger partial charge in [-0.15, -0.1) is 16.4 Å². The Labute approximate surface area is 246 Å². The number of fused-ring (bicyclic) bond motifs is 4. The van der Waals surface area contributed by atoms with Crippen LogP contribution in [0.1, 0.15) is 24.2 Å². The summed E-state index contributed by atoms with van der Waals surface area (Å²) in [4.78, 5) is 28.4. The Morgan fingerprint density at radius 2 is 2.17 bits per heavy atom. The number of hydrogen-bond donors (Lipinski definition) is 3. The maximum absolute atomic E-state index is 15.9. The number of nitrogens with two attached hydrogens (primary N) is 1. The van der Waals surface area contributed by atoms with E-state index in [9.17, 15) is 9.46 Å².